The van der Waals surface area contributed by atoms with Gasteiger partial charge in [0.05, 0.1) is 29.3 Å². The number of benzene rings is 1. The molecule has 1 aliphatic rings. The SMILES string of the molecule is CN1CCO[C@@H](CNC(=O)c2ccncc2Cl)[C@@H]1c1ccccc1. The highest BCUT2D eigenvalue weighted by atomic mass is 35.5. The summed E-state index contributed by atoms with van der Waals surface area (Å²) in [4.78, 5) is 18.5. The minimum atomic E-state index is -0.217. The molecule has 1 aromatic heterocycles. The lowest BCUT2D eigenvalue weighted by Crippen LogP contribution is -2.48. The molecular formula is C18H20ClN3O2. The molecule has 24 heavy (non-hydrogen) atoms. The van der Waals surface area contributed by atoms with E-state index in [4.69, 9.17) is 16.3 Å². The topological polar surface area (TPSA) is 54.5 Å². The Kier molecular flexibility index (Phi) is 5.45. The zero-order valence-corrected chi connectivity index (χ0v) is 14.2. The molecule has 1 saturated heterocycles. The Morgan fingerprint density at radius 1 is 1.38 bits per heavy atom. The summed E-state index contributed by atoms with van der Waals surface area (Å²) < 4.78 is 5.93. The standard InChI is InChI=1S/C18H20ClN3O2/c1-22-9-10-24-16(17(22)13-5-3-2-4-6-13)12-21-18(23)14-7-8-20-11-15(14)19/h2-8,11,16-17H,9-10,12H2,1H3,(H,21,23)/t16-,17-/m0/s1. The molecule has 0 aliphatic carbocycles. The van der Waals surface area contributed by atoms with Gasteiger partial charge in [0.15, 0.2) is 0 Å². The van der Waals surface area contributed by atoms with E-state index in [0.29, 0.717) is 23.7 Å². The molecule has 0 bridgehead atoms. The van der Waals surface area contributed by atoms with E-state index in [-0.39, 0.29) is 18.1 Å². The van der Waals surface area contributed by atoms with E-state index in [1.807, 2.05) is 18.2 Å². The van der Waals surface area contributed by atoms with Gasteiger partial charge in [0.1, 0.15) is 0 Å². The first kappa shape index (κ1) is 16.9. The van der Waals surface area contributed by atoms with Crippen molar-refractivity contribution in [3.63, 3.8) is 0 Å². The minimum absolute atomic E-state index is 0.105. The summed E-state index contributed by atoms with van der Waals surface area (Å²) in [6, 6.07) is 11.9. The van der Waals surface area contributed by atoms with E-state index in [0.717, 1.165) is 6.54 Å². The molecule has 3 rings (SSSR count). The number of nitrogens with zero attached hydrogens (tertiary/aromatic N) is 2. The average molecular weight is 346 g/mol. The molecule has 0 spiro atoms. The van der Waals surface area contributed by atoms with Gasteiger partial charge in [0, 0.05) is 25.5 Å². The van der Waals surface area contributed by atoms with Gasteiger partial charge in [-0.3, -0.25) is 14.7 Å². The maximum atomic E-state index is 12.3. The van der Waals surface area contributed by atoms with Crippen LogP contribution >= 0.6 is 11.6 Å². The van der Waals surface area contributed by atoms with Crippen LogP contribution in [0.25, 0.3) is 0 Å². The van der Waals surface area contributed by atoms with Crippen LogP contribution in [0.15, 0.2) is 48.8 Å². The number of amides is 1. The summed E-state index contributed by atoms with van der Waals surface area (Å²) in [5.74, 6) is -0.217. The van der Waals surface area contributed by atoms with Crippen molar-refractivity contribution in [3.8, 4) is 0 Å². The maximum absolute atomic E-state index is 12.3. The summed E-state index contributed by atoms with van der Waals surface area (Å²) in [5, 5.41) is 3.27. The van der Waals surface area contributed by atoms with Crippen molar-refractivity contribution in [2.24, 2.45) is 0 Å². The molecule has 0 radical (unpaired) electrons. The molecule has 1 amide bonds. The fourth-order valence-corrected chi connectivity index (χ4v) is 3.21. The molecule has 1 aromatic carbocycles. The molecule has 6 heteroatoms. The van der Waals surface area contributed by atoms with Crippen molar-refractivity contribution >= 4 is 17.5 Å². The summed E-state index contributed by atoms with van der Waals surface area (Å²) in [7, 11) is 2.08. The number of carbonyl (C=O) groups excluding carboxylic acids is 1. The van der Waals surface area contributed by atoms with E-state index in [1.165, 1.54) is 11.8 Å². The molecule has 1 N–H and O–H groups in total. The zero-order chi connectivity index (χ0) is 16.9. The molecule has 1 aliphatic heterocycles. The fourth-order valence-electron chi connectivity index (χ4n) is 3.00. The van der Waals surface area contributed by atoms with Crippen molar-refractivity contribution in [2.75, 3.05) is 26.7 Å². The van der Waals surface area contributed by atoms with Crippen molar-refractivity contribution in [1.29, 1.82) is 0 Å². The van der Waals surface area contributed by atoms with Gasteiger partial charge in [-0.25, -0.2) is 0 Å². The Morgan fingerprint density at radius 3 is 2.92 bits per heavy atom. The van der Waals surface area contributed by atoms with Crippen molar-refractivity contribution < 1.29 is 9.53 Å². The third-order valence-corrected chi connectivity index (χ3v) is 4.53. The quantitative estimate of drug-likeness (QED) is 0.925. The predicted octanol–water partition coefficient (Wildman–Crippen LogP) is 2.54. The number of carbonyl (C=O) groups is 1. The van der Waals surface area contributed by atoms with Gasteiger partial charge in [-0.05, 0) is 18.7 Å². The number of hydrogen-bond donors (Lipinski definition) is 1. The van der Waals surface area contributed by atoms with Crippen LogP contribution in [0.4, 0.5) is 0 Å². The van der Waals surface area contributed by atoms with E-state index in [2.05, 4.69) is 34.4 Å². The first-order chi connectivity index (χ1) is 11.7. The number of aromatic nitrogens is 1. The summed E-state index contributed by atoms with van der Waals surface area (Å²) >= 11 is 6.03. The van der Waals surface area contributed by atoms with E-state index < -0.39 is 0 Å². The van der Waals surface area contributed by atoms with Crippen molar-refractivity contribution in [1.82, 2.24) is 15.2 Å². The van der Waals surface area contributed by atoms with Crippen LogP contribution in [0.3, 0.4) is 0 Å². The van der Waals surface area contributed by atoms with Crippen LogP contribution in [0, 0.1) is 0 Å². The summed E-state index contributed by atoms with van der Waals surface area (Å²) in [5.41, 5.74) is 1.60. The molecule has 2 aromatic rings. The van der Waals surface area contributed by atoms with Crippen LogP contribution in [0.1, 0.15) is 22.0 Å². The van der Waals surface area contributed by atoms with Gasteiger partial charge in [-0.2, -0.15) is 0 Å². The van der Waals surface area contributed by atoms with E-state index in [1.54, 1.807) is 12.3 Å². The van der Waals surface area contributed by atoms with Crippen LogP contribution in [0.2, 0.25) is 5.02 Å². The molecule has 5 nitrogen and oxygen atoms in total. The molecule has 0 saturated carbocycles. The first-order valence-corrected chi connectivity index (χ1v) is 8.29. The second-order valence-electron chi connectivity index (χ2n) is 5.81. The van der Waals surface area contributed by atoms with Crippen molar-refractivity contribution in [3.05, 3.63) is 64.9 Å². The smallest absolute Gasteiger partial charge is 0.253 e. The Balaban J connectivity index is 1.71. The van der Waals surface area contributed by atoms with E-state index in [9.17, 15) is 4.79 Å². The number of hydrogen-bond acceptors (Lipinski definition) is 4. The third kappa shape index (κ3) is 3.75. The fraction of sp³-hybridized carbons (Fsp3) is 0.333. The number of ether oxygens (including phenoxy) is 1. The molecule has 2 atom stereocenters. The van der Waals surface area contributed by atoms with Crippen molar-refractivity contribution in [2.45, 2.75) is 12.1 Å². The third-order valence-electron chi connectivity index (χ3n) is 4.22. The highest BCUT2D eigenvalue weighted by molar-refractivity contribution is 6.33. The number of morpholine rings is 1. The number of pyridine rings is 1. The Morgan fingerprint density at radius 2 is 2.17 bits per heavy atom. The minimum Gasteiger partial charge on any atom is -0.373 e. The molecule has 2 heterocycles. The van der Waals surface area contributed by atoms with Gasteiger partial charge < -0.3 is 10.1 Å². The van der Waals surface area contributed by atoms with Gasteiger partial charge in [0.25, 0.3) is 5.91 Å². The Bertz CT molecular complexity index is 696. The average Bonchev–Trinajstić information content (AvgIpc) is 2.61. The number of nitrogens with one attached hydrogen (secondary N) is 1. The van der Waals surface area contributed by atoms with Crippen LogP contribution in [0.5, 0.6) is 0 Å². The van der Waals surface area contributed by atoms with Gasteiger partial charge in [0.2, 0.25) is 0 Å². The van der Waals surface area contributed by atoms with Gasteiger partial charge in [-0.15, -0.1) is 0 Å². The van der Waals surface area contributed by atoms with Crippen LogP contribution in [-0.4, -0.2) is 48.6 Å². The maximum Gasteiger partial charge on any atom is 0.253 e. The van der Waals surface area contributed by atoms with Gasteiger partial charge >= 0.3 is 0 Å². The molecular weight excluding hydrogens is 326 g/mol. The highest BCUT2D eigenvalue weighted by Gasteiger charge is 2.31. The molecule has 126 valence electrons. The highest BCUT2D eigenvalue weighted by Crippen LogP contribution is 2.28. The van der Waals surface area contributed by atoms with Crippen LogP contribution in [-0.2, 0) is 4.74 Å². The lowest BCUT2D eigenvalue weighted by atomic mass is 9.98. The Labute approximate surface area is 146 Å². The second-order valence-corrected chi connectivity index (χ2v) is 6.22. The predicted molar refractivity (Wildman–Crippen MR) is 93.1 cm³/mol. The second kappa shape index (κ2) is 7.75. The zero-order valence-electron chi connectivity index (χ0n) is 13.5. The van der Waals surface area contributed by atoms with Gasteiger partial charge in [-0.1, -0.05) is 41.9 Å². The summed E-state index contributed by atoms with van der Waals surface area (Å²) in [6.45, 7) is 1.93. The molecule has 0 unspecified atom stereocenters. The van der Waals surface area contributed by atoms with Crippen LogP contribution < -0.4 is 5.32 Å². The number of rotatable bonds is 4. The monoisotopic (exact) mass is 345 g/mol. The first-order valence-electron chi connectivity index (χ1n) is 7.91. The number of likely N-dealkylation sites (N-methyl/N-ethyl adjacent to an activating group) is 1. The summed E-state index contributed by atoms with van der Waals surface area (Å²) in [6.07, 6.45) is 2.91. The lowest BCUT2D eigenvalue weighted by Gasteiger charge is -2.39. The Hall–Kier alpha value is -1.95. The normalized spacial score (nSPS) is 21.4. The number of halogens is 1. The lowest BCUT2D eigenvalue weighted by molar-refractivity contribution is -0.0605. The molecule has 1 fully saturated rings. The largest absolute Gasteiger partial charge is 0.373 e. The van der Waals surface area contributed by atoms with E-state index >= 15 is 0 Å².